The molecule has 1 heterocycles. The lowest BCUT2D eigenvalue weighted by Gasteiger charge is -2.16. The SMILES string of the molecule is N#CC(c1ccccc1)c1ccc(NC(=O)C2CC(=O)N(C3CC3)C2)cc1Cl. The highest BCUT2D eigenvalue weighted by Gasteiger charge is 2.41. The van der Waals surface area contributed by atoms with Crippen molar-refractivity contribution in [1.82, 2.24) is 4.90 Å². The summed E-state index contributed by atoms with van der Waals surface area (Å²) in [5.74, 6) is -0.906. The predicted octanol–water partition coefficient (Wildman–Crippen LogP) is 3.94. The Morgan fingerprint density at radius 3 is 2.61 bits per heavy atom. The van der Waals surface area contributed by atoms with E-state index in [1.165, 1.54) is 0 Å². The van der Waals surface area contributed by atoms with Crippen molar-refractivity contribution in [2.75, 3.05) is 11.9 Å². The molecule has 1 N–H and O–H groups in total. The van der Waals surface area contributed by atoms with Crippen molar-refractivity contribution in [3.63, 3.8) is 0 Å². The summed E-state index contributed by atoms with van der Waals surface area (Å²) in [7, 11) is 0. The van der Waals surface area contributed by atoms with Crippen LogP contribution in [-0.4, -0.2) is 29.3 Å². The molecule has 1 saturated carbocycles. The lowest BCUT2D eigenvalue weighted by atomic mass is 9.92. The quantitative estimate of drug-likeness (QED) is 0.835. The van der Waals surface area contributed by atoms with Gasteiger partial charge in [-0.15, -0.1) is 0 Å². The molecule has 4 rings (SSSR count). The van der Waals surface area contributed by atoms with Gasteiger partial charge in [0.25, 0.3) is 0 Å². The lowest BCUT2D eigenvalue weighted by Crippen LogP contribution is -2.29. The van der Waals surface area contributed by atoms with Gasteiger partial charge in [-0.3, -0.25) is 9.59 Å². The third kappa shape index (κ3) is 3.74. The average molecular weight is 394 g/mol. The van der Waals surface area contributed by atoms with Crippen LogP contribution in [0.1, 0.15) is 36.3 Å². The van der Waals surface area contributed by atoms with Gasteiger partial charge >= 0.3 is 0 Å². The number of halogens is 1. The maximum Gasteiger partial charge on any atom is 0.229 e. The molecule has 2 aromatic carbocycles. The van der Waals surface area contributed by atoms with Crippen molar-refractivity contribution < 1.29 is 9.59 Å². The van der Waals surface area contributed by atoms with Crippen molar-refractivity contribution in [2.45, 2.75) is 31.2 Å². The lowest BCUT2D eigenvalue weighted by molar-refractivity contribution is -0.128. The van der Waals surface area contributed by atoms with Gasteiger partial charge in [-0.25, -0.2) is 0 Å². The van der Waals surface area contributed by atoms with E-state index in [2.05, 4.69) is 11.4 Å². The summed E-state index contributed by atoms with van der Waals surface area (Å²) >= 11 is 6.43. The van der Waals surface area contributed by atoms with E-state index in [0.29, 0.717) is 28.9 Å². The van der Waals surface area contributed by atoms with E-state index >= 15 is 0 Å². The molecule has 0 radical (unpaired) electrons. The fourth-order valence-corrected chi connectivity index (χ4v) is 3.99. The van der Waals surface area contributed by atoms with Gasteiger partial charge in [0.05, 0.1) is 17.9 Å². The molecule has 2 atom stereocenters. The molecule has 2 aromatic rings. The van der Waals surface area contributed by atoms with Crippen LogP contribution in [-0.2, 0) is 9.59 Å². The van der Waals surface area contributed by atoms with Gasteiger partial charge < -0.3 is 10.2 Å². The van der Waals surface area contributed by atoms with Gasteiger partial charge in [-0.2, -0.15) is 5.26 Å². The predicted molar refractivity (Wildman–Crippen MR) is 107 cm³/mol. The van der Waals surface area contributed by atoms with Crippen molar-refractivity contribution in [1.29, 1.82) is 5.26 Å². The molecule has 0 aromatic heterocycles. The minimum absolute atomic E-state index is 0.0655. The number of carbonyl (C=O) groups is 2. The number of likely N-dealkylation sites (tertiary alicyclic amines) is 1. The number of amides is 2. The Bertz CT molecular complexity index is 950. The molecule has 5 nitrogen and oxygen atoms in total. The first-order valence-electron chi connectivity index (χ1n) is 9.41. The average Bonchev–Trinajstić information content (AvgIpc) is 3.46. The van der Waals surface area contributed by atoms with E-state index in [4.69, 9.17) is 11.6 Å². The number of nitriles is 1. The number of rotatable bonds is 5. The van der Waals surface area contributed by atoms with Crippen LogP contribution in [0.3, 0.4) is 0 Å². The van der Waals surface area contributed by atoms with Crippen molar-refractivity contribution >= 4 is 29.1 Å². The maximum atomic E-state index is 12.6. The molecular formula is C22H20ClN3O2. The van der Waals surface area contributed by atoms with Crippen LogP contribution in [0.25, 0.3) is 0 Å². The van der Waals surface area contributed by atoms with E-state index < -0.39 is 5.92 Å². The minimum atomic E-state index is -0.474. The van der Waals surface area contributed by atoms with E-state index in [1.807, 2.05) is 35.2 Å². The molecule has 28 heavy (non-hydrogen) atoms. The zero-order chi connectivity index (χ0) is 19.7. The van der Waals surface area contributed by atoms with Crippen LogP contribution < -0.4 is 5.32 Å². The van der Waals surface area contributed by atoms with E-state index in [9.17, 15) is 14.9 Å². The molecule has 2 fully saturated rings. The highest BCUT2D eigenvalue weighted by molar-refractivity contribution is 6.31. The Labute approximate surface area is 168 Å². The van der Waals surface area contributed by atoms with Gasteiger partial charge in [0, 0.05) is 29.7 Å². The van der Waals surface area contributed by atoms with Gasteiger partial charge in [-0.05, 0) is 36.1 Å². The molecule has 142 valence electrons. The number of nitrogens with zero attached hydrogens (tertiary/aromatic N) is 2. The Morgan fingerprint density at radius 1 is 1.21 bits per heavy atom. The number of benzene rings is 2. The van der Waals surface area contributed by atoms with E-state index in [1.54, 1.807) is 18.2 Å². The largest absolute Gasteiger partial charge is 0.339 e. The van der Waals surface area contributed by atoms with Gasteiger partial charge in [0.15, 0.2) is 0 Å². The van der Waals surface area contributed by atoms with Crippen LogP contribution in [0.5, 0.6) is 0 Å². The number of hydrogen-bond donors (Lipinski definition) is 1. The highest BCUT2D eigenvalue weighted by Crippen LogP contribution is 2.34. The second-order valence-corrected chi connectivity index (χ2v) is 7.78. The van der Waals surface area contributed by atoms with Crippen LogP contribution in [0, 0.1) is 17.2 Å². The summed E-state index contributed by atoms with van der Waals surface area (Å²) < 4.78 is 0. The van der Waals surface area contributed by atoms with Crippen molar-refractivity contribution in [3.05, 3.63) is 64.7 Å². The van der Waals surface area contributed by atoms with Crippen molar-refractivity contribution in [3.8, 4) is 6.07 Å². The number of nitrogens with one attached hydrogen (secondary N) is 1. The number of anilines is 1. The third-order valence-electron chi connectivity index (χ3n) is 5.36. The molecule has 1 aliphatic carbocycles. The molecule has 1 aliphatic heterocycles. The Kier molecular flexibility index (Phi) is 5.06. The second kappa shape index (κ2) is 7.65. The fourth-order valence-electron chi connectivity index (χ4n) is 3.70. The monoisotopic (exact) mass is 393 g/mol. The Hall–Kier alpha value is -2.84. The molecule has 1 saturated heterocycles. The van der Waals surface area contributed by atoms with Crippen LogP contribution in [0.2, 0.25) is 5.02 Å². The summed E-state index contributed by atoms with van der Waals surface area (Å²) in [6.07, 6.45) is 2.34. The maximum absolute atomic E-state index is 12.6. The minimum Gasteiger partial charge on any atom is -0.339 e. The smallest absolute Gasteiger partial charge is 0.229 e. The first kappa shape index (κ1) is 18.5. The number of carbonyl (C=O) groups excluding carboxylic acids is 2. The topological polar surface area (TPSA) is 73.2 Å². The molecule has 6 heteroatoms. The first-order valence-corrected chi connectivity index (χ1v) is 9.79. The normalized spacial score (nSPS) is 19.9. The van der Waals surface area contributed by atoms with Gasteiger partial charge in [-0.1, -0.05) is 48.0 Å². The standard InChI is InChI=1S/C22H20ClN3O2/c23-20-11-16(6-9-18(20)19(12-24)14-4-2-1-3-5-14)25-22(28)15-10-21(27)26(13-15)17-7-8-17/h1-6,9,11,15,17,19H,7-8,10,13H2,(H,25,28). The highest BCUT2D eigenvalue weighted by atomic mass is 35.5. The van der Waals surface area contributed by atoms with Crippen molar-refractivity contribution in [2.24, 2.45) is 5.92 Å². The van der Waals surface area contributed by atoms with Gasteiger partial charge in [0.2, 0.25) is 11.8 Å². The van der Waals surface area contributed by atoms with E-state index in [0.717, 1.165) is 18.4 Å². The molecule has 2 amide bonds. The van der Waals surface area contributed by atoms with Crippen LogP contribution in [0.4, 0.5) is 5.69 Å². The molecule has 2 unspecified atom stereocenters. The van der Waals surface area contributed by atoms with Crippen LogP contribution in [0.15, 0.2) is 48.5 Å². The third-order valence-corrected chi connectivity index (χ3v) is 5.69. The summed E-state index contributed by atoms with van der Waals surface area (Å²) in [5, 5.41) is 12.9. The van der Waals surface area contributed by atoms with Gasteiger partial charge in [0.1, 0.15) is 0 Å². The fraction of sp³-hybridized carbons (Fsp3) is 0.318. The molecular weight excluding hydrogens is 374 g/mol. The summed E-state index contributed by atoms with van der Waals surface area (Å²) in [6, 6.07) is 17.3. The van der Waals surface area contributed by atoms with Crippen LogP contribution >= 0.6 is 11.6 Å². The zero-order valence-electron chi connectivity index (χ0n) is 15.3. The number of hydrogen-bond acceptors (Lipinski definition) is 3. The Balaban J connectivity index is 1.46. The zero-order valence-corrected chi connectivity index (χ0v) is 16.0. The second-order valence-electron chi connectivity index (χ2n) is 7.38. The van der Waals surface area contributed by atoms with E-state index in [-0.39, 0.29) is 24.2 Å². The first-order chi connectivity index (χ1) is 13.6. The summed E-state index contributed by atoms with van der Waals surface area (Å²) in [6.45, 7) is 0.492. The molecule has 2 aliphatic rings. The summed E-state index contributed by atoms with van der Waals surface area (Å²) in [5.41, 5.74) is 2.14. The Morgan fingerprint density at radius 2 is 1.96 bits per heavy atom. The molecule has 0 spiro atoms. The summed E-state index contributed by atoms with van der Waals surface area (Å²) in [4.78, 5) is 26.5. The molecule has 0 bridgehead atoms.